The van der Waals surface area contributed by atoms with E-state index in [0.29, 0.717) is 11.4 Å². The van der Waals surface area contributed by atoms with Crippen LogP contribution in [-0.4, -0.2) is 15.1 Å². The van der Waals surface area contributed by atoms with Gasteiger partial charge in [-0.1, -0.05) is 25.5 Å². The predicted octanol–water partition coefficient (Wildman–Crippen LogP) is 3.15. The molecule has 2 aromatic rings. The summed E-state index contributed by atoms with van der Waals surface area (Å²) in [6.07, 6.45) is 3.57. The average Bonchev–Trinajstić information content (AvgIpc) is 2.91. The molecule has 0 saturated carbocycles. The third-order valence-electron chi connectivity index (χ3n) is 3.04. The maximum Gasteiger partial charge on any atom is 0.261 e. The van der Waals surface area contributed by atoms with E-state index in [9.17, 15) is 4.79 Å². The average molecular weight is 370 g/mol. The van der Waals surface area contributed by atoms with E-state index < -0.39 is 0 Å². The van der Waals surface area contributed by atoms with E-state index in [1.165, 1.54) is 4.09 Å². The van der Waals surface area contributed by atoms with Crippen LogP contribution >= 0.6 is 29.0 Å². The zero-order valence-electron chi connectivity index (χ0n) is 11.5. The molecule has 0 fully saturated rings. The van der Waals surface area contributed by atoms with E-state index in [-0.39, 0.29) is 12.5 Å². The van der Waals surface area contributed by atoms with Crippen LogP contribution in [0.3, 0.4) is 0 Å². The molecule has 7 heteroatoms. The summed E-state index contributed by atoms with van der Waals surface area (Å²) in [6.45, 7) is 2.39. The largest absolute Gasteiger partial charge is 0.472 e. The van der Waals surface area contributed by atoms with Crippen molar-refractivity contribution in [1.82, 2.24) is 13.5 Å². The molecule has 1 N–H and O–H groups in total. The van der Waals surface area contributed by atoms with Crippen molar-refractivity contribution in [2.45, 2.75) is 26.4 Å². The van der Waals surface area contributed by atoms with Gasteiger partial charge in [0, 0.05) is 39.5 Å². The first-order chi connectivity index (χ1) is 10.2. The molecule has 0 atom stereocenters. The van der Waals surface area contributed by atoms with Crippen LogP contribution in [0.4, 0.5) is 0 Å². The van der Waals surface area contributed by atoms with Gasteiger partial charge in [0.05, 0.1) is 0 Å². The van der Waals surface area contributed by atoms with Crippen LogP contribution in [0, 0.1) is 0 Å². The molecule has 0 bridgehead atoms. The fraction of sp³-hybridized carbons (Fsp3) is 0.286. The smallest absolute Gasteiger partial charge is 0.261 e. The molecule has 2 rings (SSSR count). The third kappa shape index (κ3) is 4.01. The number of halogens is 1. The van der Waals surface area contributed by atoms with E-state index in [4.69, 9.17) is 4.74 Å². The van der Waals surface area contributed by atoms with Gasteiger partial charge in [-0.05, 0) is 30.9 Å². The molecule has 0 saturated heterocycles. The van der Waals surface area contributed by atoms with Gasteiger partial charge in [0.2, 0.25) is 5.88 Å². The molecule has 1 amide bonds. The van der Waals surface area contributed by atoms with Crippen molar-refractivity contribution in [1.29, 1.82) is 0 Å². The summed E-state index contributed by atoms with van der Waals surface area (Å²) in [5, 5.41) is 4.04. The lowest BCUT2D eigenvalue weighted by molar-refractivity contribution is 0.0984. The minimum atomic E-state index is -0.189. The Bertz CT molecular complexity index is 630. The van der Waals surface area contributed by atoms with Crippen molar-refractivity contribution < 1.29 is 9.53 Å². The summed E-state index contributed by atoms with van der Waals surface area (Å²) in [5.74, 6) is 0.285. The highest BCUT2D eigenvalue weighted by atomic mass is 79.9. The highest BCUT2D eigenvalue weighted by molar-refractivity contribution is 9.08. The number of rotatable bonds is 6. The van der Waals surface area contributed by atoms with Gasteiger partial charge in [0.1, 0.15) is 6.61 Å². The summed E-state index contributed by atoms with van der Waals surface area (Å²) in [4.78, 5) is 12.0. The molecule has 0 aliphatic carbocycles. The van der Waals surface area contributed by atoms with Crippen molar-refractivity contribution >= 4 is 34.9 Å². The Hall–Kier alpha value is -1.47. The van der Waals surface area contributed by atoms with Gasteiger partial charge < -0.3 is 4.74 Å². The van der Waals surface area contributed by atoms with Crippen LogP contribution in [0.15, 0.2) is 30.5 Å². The first-order valence-electron chi connectivity index (χ1n) is 6.55. The minimum Gasteiger partial charge on any atom is -0.472 e. The van der Waals surface area contributed by atoms with Gasteiger partial charge in [-0.15, -0.1) is 5.10 Å². The number of carbonyl (C=O) groups excluding carboxylic acids is 1. The first kappa shape index (κ1) is 15.9. The number of nitrogens with zero attached hydrogens (tertiary/aromatic N) is 2. The third-order valence-corrected chi connectivity index (χ3v) is 3.62. The van der Waals surface area contributed by atoms with Crippen LogP contribution in [0.5, 0.6) is 5.88 Å². The summed E-state index contributed by atoms with van der Waals surface area (Å²) in [6, 6.07) is 7.41. The van der Waals surface area contributed by atoms with Crippen LogP contribution in [0.25, 0.3) is 0 Å². The van der Waals surface area contributed by atoms with Gasteiger partial charge in [-0.3, -0.25) is 9.14 Å². The molecule has 0 unspecified atom stereocenters. The van der Waals surface area contributed by atoms with Crippen LogP contribution in [0.1, 0.15) is 34.8 Å². The summed E-state index contributed by atoms with van der Waals surface area (Å²) < 4.78 is 9.51. The van der Waals surface area contributed by atoms with E-state index in [0.717, 1.165) is 24.0 Å². The lowest BCUT2D eigenvalue weighted by atomic mass is 9.98. The zero-order chi connectivity index (χ0) is 15.2. The van der Waals surface area contributed by atoms with Crippen LogP contribution in [-0.2, 0) is 13.0 Å². The van der Waals surface area contributed by atoms with Crippen molar-refractivity contribution in [2.75, 3.05) is 0 Å². The molecule has 0 radical (unpaired) electrons. The number of aryl methyl sites for hydroxylation is 1. The molecule has 1 aromatic heterocycles. The number of nitrogens with one attached hydrogen (secondary N) is 1. The molecular weight excluding hydrogens is 354 g/mol. The predicted molar refractivity (Wildman–Crippen MR) is 87.8 cm³/mol. The van der Waals surface area contributed by atoms with Crippen molar-refractivity contribution in [3.05, 3.63) is 47.2 Å². The number of hydrogen-bond donors (Lipinski definition) is 2. The number of hydrogen-bond acceptors (Lipinski definition) is 4. The number of aromatic nitrogens is 2. The van der Waals surface area contributed by atoms with Gasteiger partial charge in [0.25, 0.3) is 5.91 Å². The first-order valence-corrected chi connectivity index (χ1v) is 7.74. The highest BCUT2D eigenvalue weighted by Gasteiger charge is 2.15. The van der Waals surface area contributed by atoms with Crippen LogP contribution in [0.2, 0.25) is 0 Å². The molecule has 1 heterocycles. The van der Waals surface area contributed by atoms with Crippen molar-refractivity contribution in [3.63, 3.8) is 0 Å². The zero-order valence-corrected chi connectivity index (χ0v) is 14.0. The molecule has 1 aromatic carbocycles. The topological polar surface area (TPSA) is 56.1 Å². The Morgan fingerprint density at radius 2 is 2.29 bits per heavy atom. The molecule has 0 aliphatic heterocycles. The highest BCUT2D eigenvalue weighted by Crippen LogP contribution is 2.20. The molecule has 0 aliphatic rings. The lowest BCUT2D eigenvalue weighted by Crippen LogP contribution is -2.17. The SMILES string of the molecule is CCCc1cccc(C(=O)NBr)c1COc1ccn(S)n1. The second-order valence-corrected chi connectivity index (χ2v) is 5.29. The summed E-state index contributed by atoms with van der Waals surface area (Å²) >= 11 is 7.04. The molecule has 21 heavy (non-hydrogen) atoms. The molecule has 112 valence electrons. The minimum absolute atomic E-state index is 0.189. The van der Waals surface area contributed by atoms with Gasteiger partial charge >= 0.3 is 0 Å². The van der Waals surface area contributed by atoms with Crippen molar-refractivity contribution in [2.24, 2.45) is 0 Å². The van der Waals surface area contributed by atoms with E-state index in [1.807, 2.05) is 12.1 Å². The number of thiol groups is 1. The quantitative estimate of drug-likeness (QED) is 0.607. The van der Waals surface area contributed by atoms with Gasteiger partial charge in [-0.25, -0.2) is 4.09 Å². The second kappa shape index (κ2) is 7.51. The lowest BCUT2D eigenvalue weighted by Gasteiger charge is -2.13. The van der Waals surface area contributed by atoms with E-state index in [2.05, 4.69) is 45.3 Å². The fourth-order valence-electron chi connectivity index (χ4n) is 2.09. The molecule has 5 nitrogen and oxygen atoms in total. The van der Waals surface area contributed by atoms with Crippen molar-refractivity contribution in [3.8, 4) is 5.88 Å². The number of amides is 1. The normalized spacial score (nSPS) is 10.4. The summed E-state index contributed by atoms with van der Waals surface area (Å²) in [5.41, 5.74) is 2.59. The standard InChI is InChI=1S/C14H16BrN3O2S/c1-2-4-10-5-3-6-11(14(19)16-15)12(10)9-20-13-7-8-18(21)17-13/h3,5-8,21H,2,4,9H2,1H3,(H,16,19). The van der Waals surface area contributed by atoms with E-state index >= 15 is 0 Å². The Kier molecular flexibility index (Phi) is 5.69. The Morgan fingerprint density at radius 3 is 2.90 bits per heavy atom. The number of carbonyl (C=O) groups is 1. The number of benzene rings is 1. The van der Waals surface area contributed by atoms with E-state index in [1.54, 1.807) is 18.3 Å². The Labute approximate surface area is 137 Å². The maximum absolute atomic E-state index is 12.0. The van der Waals surface area contributed by atoms with Gasteiger partial charge in [0.15, 0.2) is 0 Å². The molecule has 0 spiro atoms. The number of ether oxygens (including phenoxy) is 1. The van der Waals surface area contributed by atoms with Crippen LogP contribution < -0.4 is 9.08 Å². The second-order valence-electron chi connectivity index (χ2n) is 4.48. The fourth-order valence-corrected chi connectivity index (χ4v) is 2.46. The Balaban J connectivity index is 2.27. The molecular formula is C14H16BrN3O2S. The maximum atomic E-state index is 12.0. The summed E-state index contributed by atoms with van der Waals surface area (Å²) in [7, 11) is 0. The monoisotopic (exact) mass is 369 g/mol. The Morgan fingerprint density at radius 1 is 1.48 bits per heavy atom. The van der Waals surface area contributed by atoms with Gasteiger partial charge in [-0.2, -0.15) is 0 Å².